The number of urea groups is 1. The van der Waals surface area contributed by atoms with E-state index in [1.807, 2.05) is 0 Å². The highest BCUT2D eigenvalue weighted by Crippen LogP contribution is 2.09. The number of aliphatic hydroxyl groups excluding tert-OH is 1. The van der Waals surface area contributed by atoms with Crippen LogP contribution in [0.3, 0.4) is 0 Å². The van der Waals surface area contributed by atoms with Crippen molar-refractivity contribution < 1.29 is 24.5 Å². The number of carboxylic acids is 1. The first-order valence-electron chi connectivity index (χ1n) is 5.44. The van der Waals surface area contributed by atoms with Crippen molar-refractivity contribution in [1.29, 1.82) is 0 Å². The molecule has 0 aliphatic carbocycles. The smallest absolute Gasteiger partial charge is 0.326 e. The van der Waals surface area contributed by atoms with Gasteiger partial charge in [0.05, 0.1) is 25.9 Å². The fourth-order valence-electron chi connectivity index (χ4n) is 1.56. The van der Waals surface area contributed by atoms with Gasteiger partial charge in [0, 0.05) is 13.6 Å². The number of aliphatic carboxylic acids is 1. The van der Waals surface area contributed by atoms with Gasteiger partial charge >= 0.3 is 12.0 Å². The number of carbonyl (C=O) groups is 2. The van der Waals surface area contributed by atoms with E-state index >= 15 is 0 Å². The van der Waals surface area contributed by atoms with Crippen LogP contribution in [0.5, 0.6) is 0 Å². The summed E-state index contributed by atoms with van der Waals surface area (Å²) in [7, 11) is 1.45. The first-order valence-corrected chi connectivity index (χ1v) is 5.44. The molecule has 2 unspecified atom stereocenters. The molecule has 0 bridgehead atoms. The number of likely N-dealkylation sites (N-methyl/N-ethyl adjacent to an activating group) is 1. The molecule has 1 aliphatic heterocycles. The van der Waals surface area contributed by atoms with Crippen LogP contribution in [0.1, 0.15) is 6.92 Å². The SMILES string of the molecule is CC(C(=O)O)N(C)C(=O)N1CCOC(CO)C1. The quantitative estimate of drug-likeness (QED) is 0.680. The Morgan fingerprint density at radius 2 is 2.24 bits per heavy atom. The lowest BCUT2D eigenvalue weighted by Gasteiger charge is -2.35. The topological polar surface area (TPSA) is 90.3 Å². The molecular formula is C10H18N2O5. The van der Waals surface area contributed by atoms with Crippen LogP contribution < -0.4 is 0 Å². The Balaban J connectivity index is 2.59. The van der Waals surface area contributed by atoms with Gasteiger partial charge in [0.25, 0.3) is 0 Å². The summed E-state index contributed by atoms with van der Waals surface area (Å²) in [6.45, 7) is 2.34. The van der Waals surface area contributed by atoms with Gasteiger partial charge in [-0.05, 0) is 6.92 Å². The Morgan fingerprint density at radius 1 is 1.59 bits per heavy atom. The zero-order chi connectivity index (χ0) is 13.0. The highest BCUT2D eigenvalue weighted by molar-refractivity contribution is 5.82. The summed E-state index contributed by atoms with van der Waals surface area (Å²) in [5.74, 6) is -1.05. The summed E-state index contributed by atoms with van der Waals surface area (Å²) in [4.78, 5) is 25.4. The second-order valence-electron chi connectivity index (χ2n) is 4.03. The predicted octanol–water partition coefficient (Wildman–Crippen LogP) is -0.796. The van der Waals surface area contributed by atoms with Gasteiger partial charge in [0.1, 0.15) is 6.04 Å². The van der Waals surface area contributed by atoms with Gasteiger partial charge in [0.15, 0.2) is 0 Å². The van der Waals surface area contributed by atoms with Crippen molar-refractivity contribution in [1.82, 2.24) is 9.80 Å². The third-order valence-electron chi connectivity index (χ3n) is 2.85. The molecule has 98 valence electrons. The van der Waals surface area contributed by atoms with Gasteiger partial charge < -0.3 is 24.7 Å². The van der Waals surface area contributed by atoms with Crippen LogP contribution in [0.15, 0.2) is 0 Å². The molecule has 2 N–H and O–H groups in total. The van der Waals surface area contributed by atoms with Gasteiger partial charge in [-0.25, -0.2) is 9.59 Å². The molecule has 1 rings (SSSR count). The molecule has 0 aromatic heterocycles. The number of carboxylic acid groups (broad SMARTS) is 1. The van der Waals surface area contributed by atoms with Gasteiger partial charge in [-0.1, -0.05) is 0 Å². The van der Waals surface area contributed by atoms with Gasteiger partial charge in [0.2, 0.25) is 0 Å². The fraction of sp³-hybridized carbons (Fsp3) is 0.800. The number of amides is 2. The summed E-state index contributed by atoms with van der Waals surface area (Å²) in [5.41, 5.74) is 0. The zero-order valence-corrected chi connectivity index (χ0v) is 10.00. The average Bonchev–Trinajstić information content (AvgIpc) is 2.36. The van der Waals surface area contributed by atoms with Gasteiger partial charge in [-0.15, -0.1) is 0 Å². The summed E-state index contributed by atoms with van der Waals surface area (Å²) < 4.78 is 5.22. The largest absolute Gasteiger partial charge is 0.480 e. The summed E-state index contributed by atoms with van der Waals surface area (Å²) in [6.07, 6.45) is -0.388. The highest BCUT2D eigenvalue weighted by Gasteiger charge is 2.29. The molecule has 7 nitrogen and oxygen atoms in total. The van der Waals surface area contributed by atoms with Crippen LogP contribution in [-0.4, -0.2) is 77.5 Å². The maximum absolute atomic E-state index is 12.0. The molecule has 0 saturated carbocycles. The number of carbonyl (C=O) groups excluding carboxylic acids is 1. The third kappa shape index (κ3) is 3.31. The Labute approximate surface area is 99.6 Å². The van der Waals surface area contributed by atoms with E-state index in [9.17, 15) is 9.59 Å². The lowest BCUT2D eigenvalue weighted by Crippen LogP contribution is -2.53. The molecule has 0 radical (unpaired) electrons. The van der Waals surface area contributed by atoms with E-state index in [0.29, 0.717) is 13.2 Å². The zero-order valence-electron chi connectivity index (χ0n) is 10.00. The van der Waals surface area contributed by atoms with Crippen LogP contribution in [0.4, 0.5) is 4.79 Å². The van der Waals surface area contributed by atoms with E-state index in [-0.39, 0.29) is 25.3 Å². The first-order chi connectivity index (χ1) is 7.97. The Hall–Kier alpha value is -1.34. The molecule has 1 aliphatic rings. The van der Waals surface area contributed by atoms with Crippen molar-refractivity contribution in [2.75, 3.05) is 33.4 Å². The first kappa shape index (κ1) is 13.7. The number of nitrogens with zero attached hydrogens (tertiary/aromatic N) is 2. The van der Waals surface area contributed by atoms with E-state index in [0.717, 1.165) is 0 Å². The number of aliphatic hydroxyl groups is 1. The highest BCUT2D eigenvalue weighted by atomic mass is 16.5. The van der Waals surface area contributed by atoms with Gasteiger partial charge in [-0.2, -0.15) is 0 Å². The minimum absolute atomic E-state index is 0.151. The average molecular weight is 246 g/mol. The van der Waals surface area contributed by atoms with Crippen molar-refractivity contribution in [2.24, 2.45) is 0 Å². The molecule has 0 aromatic rings. The van der Waals surface area contributed by atoms with Crippen molar-refractivity contribution >= 4 is 12.0 Å². The second kappa shape index (κ2) is 5.83. The maximum Gasteiger partial charge on any atom is 0.326 e. The Morgan fingerprint density at radius 3 is 2.76 bits per heavy atom. The number of hydrogen-bond donors (Lipinski definition) is 2. The van der Waals surface area contributed by atoms with E-state index in [4.69, 9.17) is 14.9 Å². The number of hydrogen-bond acceptors (Lipinski definition) is 4. The Kier molecular flexibility index (Phi) is 4.71. The van der Waals surface area contributed by atoms with E-state index in [1.165, 1.54) is 23.8 Å². The summed E-state index contributed by atoms with van der Waals surface area (Å²) in [5, 5.41) is 17.8. The number of ether oxygens (including phenoxy) is 1. The van der Waals surface area contributed by atoms with Gasteiger partial charge in [-0.3, -0.25) is 0 Å². The van der Waals surface area contributed by atoms with E-state index in [2.05, 4.69) is 0 Å². The van der Waals surface area contributed by atoms with Crippen molar-refractivity contribution in [3.63, 3.8) is 0 Å². The molecule has 7 heteroatoms. The van der Waals surface area contributed by atoms with E-state index < -0.39 is 12.0 Å². The van der Waals surface area contributed by atoms with E-state index in [1.54, 1.807) is 0 Å². The molecule has 1 heterocycles. The predicted molar refractivity (Wildman–Crippen MR) is 58.7 cm³/mol. The monoisotopic (exact) mass is 246 g/mol. The standard InChI is InChI=1S/C10H18N2O5/c1-7(9(14)15)11(2)10(16)12-3-4-17-8(5-12)6-13/h7-8,13H,3-6H2,1-2H3,(H,14,15). The lowest BCUT2D eigenvalue weighted by atomic mass is 10.2. The fourth-order valence-corrected chi connectivity index (χ4v) is 1.56. The normalized spacial score (nSPS) is 22.1. The molecule has 2 amide bonds. The van der Waals surface area contributed by atoms with Crippen LogP contribution in [0, 0.1) is 0 Å². The number of morpholine rings is 1. The Bertz CT molecular complexity index is 296. The summed E-state index contributed by atoms with van der Waals surface area (Å²) >= 11 is 0. The molecule has 0 spiro atoms. The van der Waals surface area contributed by atoms with Crippen LogP contribution in [-0.2, 0) is 9.53 Å². The molecule has 0 aromatic carbocycles. The number of rotatable bonds is 3. The lowest BCUT2D eigenvalue weighted by molar-refractivity contribution is -0.141. The molecule has 1 saturated heterocycles. The maximum atomic E-state index is 12.0. The molecular weight excluding hydrogens is 228 g/mol. The second-order valence-corrected chi connectivity index (χ2v) is 4.03. The van der Waals surface area contributed by atoms with Crippen molar-refractivity contribution in [2.45, 2.75) is 19.1 Å². The van der Waals surface area contributed by atoms with Crippen LogP contribution in [0.25, 0.3) is 0 Å². The van der Waals surface area contributed by atoms with Crippen molar-refractivity contribution in [3.05, 3.63) is 0 Å². The van der Waals surface area contributed by atoms with Crippen molar-refractivity contribution in [3.8, 4) is 0 Å². The molecule has 1 fully saturated rings. The minimum atomic E-state index is -1.05. The third-order valence-corrected chi connectivity index (χ3v) is 2.85. The van der Waals surface area contributed by atoms with Crippen LogP contribution >= 0.6 is 0 Å². The minimum Gasteiger partial charge on any atom is -0.480 e. The van der Waals surface area contributed by atoms with Crippen LogP contribution in [0.2, 0.25) is 0 Å². The molecule has 2 atom stereocenters. The summed E-state index contributed by atoms with van der Waals surface area (Å²) in [6, 6.07) is -1.24. The molecule has 17 heavy (non-hydrogen) atoms.